The van der Waals surface area contributed by atoms with E-state index in [1.165, 1.54) is 0 Å². The maximum absolute atomic E-state index is 6.03. The Balaban J connectivity index is 1.56. The third-order valence-electron chi connectivity index (χ3n) is 5.86. The van der Waals surface area contributed by atoms with E-state index < -0.39 is 0 Å². The molecule has 0 aliphatic carbocycles. The predicted octanol–water partition coefficient (Wildman–Crippen LogP) is 4.10. The molecule has 0 saturated carbocycles. The molecular weight excluding hydrogens is 440 g/mol. The summed E-state index contributed by atoms with van der Waals surface area (Å²) < 4.78 is 45.1. The Morgan fingerprint density at radius 2 is 1.21 bits per heavy atom. The summed E-state index contributed by atoms with van der Waals surface area (Å²) in [5.41, 5.74) is 1.87. The van der Waals surface area contributed by atoms with E-state index in [0.717, 1.165) is 21.9 Å². The number of fused-ring (bicyclic) bond motifs is 1. The van der Waals surface area contributed by atoms with Gasteiger partial charge in [-0.25, -0.2) is 0 Å². The Bertz CT molecular complexity index is 1160. The second-order valence-electron chi connectivity index (χ2n) is 8.12. The van der Waals surface area contributed by atoms with E-state index in [4.69, 9.17) is 37.9 Å². The van der Waals surface area contributed by atoms with Gasteiger partial charge < -0.3 is 37.9 Å². The van der Waals surface area contributed by atoms with Crippen LogP contribution in [0.15, 0.2) is 36.4 Å². The second kappa shape index (κ2) is 9.48. The summed E-state index contributed by atoms with van der Waals surface area (Å²) in [6.07, 6.45) is 0.241. The van der Waals surface area contributed by atoms with Gasteiger partial charge in [0, 0.05) is 5.39 Å². The number of methoxy groups -OCH3 is 4. The highest BCUT2D eigenvalue weighted by atomic mass is 16.6. The molecule has 2 aliphatic rings. The fourth-order valence-corrected chi connectivity index (χ4v) is 3.86. The zero-order chi connectivity index (χ0) is 23.7. The summed E-state index contributed by atoms with van der Waals surface area (Å²) in [6.45, 7) is 2.32. The lowest BCUT2D eigenvalue weighted by atomic mass is 9.99. The first kappa shape index (κ1) is 22.4. The fourth-order valence-electron chi connectivity index (χ4n) is 3.86. The molecule has 0 radical (unpaired) electrons. The van der Waals surface area contributed by atoms with Gasteiger partial charge in [-0.1, -0.05) is 12.1 Å². The smallest absolute Gasteiger partial charge is 0.204 e. The normalized spacial score (nSPS) is 18.4. The molecule has 0 amide bonds. The van der Waals surface area contributed by atoms with Crippen LogP contribution in [0.25, 0.3) is 21.9 Å². The van der Waals surface area contributed by atoms with Crippen molar-refractivity contribution in [2.45, 2.75) is 12.2 Å². The van der Waals surface area contributed by atoms with E-state index in [1.54, 1.807) is 28.4 Å². The minimum absolute atomic E-state index is 0.114. The second-order valence-corrected chi connectivity index (χ2v) is 8.12. The molecule has 5 rings (SSSR count). The van der Waals surface area contributed by atoms with Crippen LogP contribution in [-0.2, 0) is 9.47 Å². The van der Waals surface area contributed by atoms with Crippen molar-refractivity contribution in [2.24, 2.45) is 0 Å². The molecule has 2 fully saturated rings. The molecule has 34 heavy (non-hydrogen) atoms. The molecule has 2 aliphatic heterocycles. The topological polar surface area (TPSA) is 80.4 Å². The molecule has 3 aromatic rings. The van der Waals surface area contributed by atoms with Crippen LogP contribution in [0.1, 0.15) is 0 Å². The molecular formula is C26H28O8. The lowest BCUT2D eigenvalue weighted by Crippen LogP contribution is -2.07. The van der Waals surface area contributed by atoms with Crippen molar-refractivity contribution in [1.29, 1.82) is 0 Å². The quantitative estimate of drug-likeness (QED) is 0.389. The average Bonchev–Trinajstić information content (AvgIpc) is 3.80. The standard InChI is InChI=1S/C26H28O8/c1-27-21-9-17(10-22(28-2)25(21)33-13-18-11-31-18)15-5-6-16-8-23(29-3)26(34-14-19-12-32-19)24(30-4)20(16)7-15/h5-10,18-19H,11-14H2,1-4H3. The van der Waals surface area contributed by atoms with Crippen LogP contribution in [0.3, 0.4) is 0 Å². The summed E-state index contributed by atoms with van der Waals surface area (Å²) >= 11 is 0. The Labute approximate surface area is 198 Å². The molecule has 2 unspecified atom stereocenters. The first-order valence-electron chi connectivity index (χ1n) is 11.1. The van der Waals surface area contributed by atoms with Gasteiger partial charge in [-0.15, -0.1) is 0 Å². The molecule has 3 aromatic carbocycles. The summed E-state index contributed by atoms with van der Waals surface area (Å²) in [5.74, 6) is 3.52. The van der Waals surface area contributed by atoms with Gasteiger partial charge in [-0.05, 0) is 40.8 Å². The van der Waals surface area contributed by atoms with Crippen molar-refractivity contribution in [1.82, 2.24) is 0 Å². The number of rotatable bonds is 11. The molecule has 0 bridgehead atoms. The maximum atomic E-state index is 6.03. The highest BCUT2D eigenvalue weighted by Crippen LogP contribution is 2.46. The van der Waals surface area contributed by atoms with Gasteiger partial charge >= 0.3 is 0 Å². The Morgan fingerprint density at radius 1 is 0.647 bits per heavy atom. The summed E-state index contributed by atoms with van der Waals surface area (Å²) in [7, 11) is 6.47. The number of hydrogen-bond donors (Lipinski definition) is 0. The van der Waals surface area contributed by atoms with E-state index in [-0.39, 0.29) is 12.2 Å². The lowest BCUT2D eigenvalue weighted by Gasteiger charge is -2.18. The molecule has 0 spiro atoms. The SMILES string of the molecule is COc1cc(-c2ccc3cc(OC)c(OCC4CO4)c(OC)c3c2)cc(OC)c1OCC1CO1. The van der Waals surface area contributed by atoms with E-state index in [9.17, 15) is 0 Å². The van der Waals surface area contributed by atoms with Crippen molar-refractivity contribution < 1.29 is 37.9 Å². The summed E-state index contributed by atoms with van der Waals surface area (Å²) in [6, 6.07) is 11.9. The molecule has 0 aromatic heterocycles. The van der Waals surface area contributed by atoms with Crippen LogP contribution >= 0.6 is 0 Å². The third-order valence-corrected chi connectivity index (χ3v) is 5.86. The zero-order valence-corrected chi connectivity index (χ0v) is 19.7. The van der Waals surface area contributed by atoms with E-state index >= 15 is 0 Å². The Hall–Kier alpha value is -3.36. The highest BCUT2D eigenvalue weighted by molar-refractivity contribution is 5.96. The largest absolute Gasteiger partial charge is 0.493 e. The minimum atomic E-state index is 0.114. The van der Waals surface area contributed by atoms with Crippen LogP contribution in [0.4, 0.5) is 0 Å². The Morgan fingerprint density at radius 3 is 1.74 bits per heavy atom. The fraction of sp³-hybridized carbons (Fsp3) is 0.385. The highest BCUT2D eigenvalue weighted by Gasteiger charge is 2.27. The van der Waals surface area contributed by atoms with Gasteiger partial charge in [0.1, 0.15) is 25.4 Å². The molecule has 2 heterocycles. The zero-order valence-electron chi connectivity index (χ0n) is 19.7. The van der Waals surface area contributed by atoms with E-state index in [2.05, 4.69) is 6.07 Å². The summed E-state index contributed by atoms with van der Waals surface area (Å²) in [4.78, 5) is 0. The van der Waals surface area contributed by atoms with Crippen molar-refractivity contribution in [3.05, 3.63) is 36.4 Å². The molecule has 2 atom stereocenters. The molecule has 0 N–H and O–H groups in total. The van der Waals surface area contributed by atoms with Crippen LogP contribution in [0, 0.1) is 0 Å². The lowest BCUT2D eigenvalue weighted by molar-refractivity contribution is 0.241. The van der Waals surface area contributed by atoms with Gasteiger partial charge in [0.15, 0.2) is 23.0 Å². The van der Waals surface area contributed by atoms with Gasteiger partial charge in [-0.3, -0.25) is 0 Å². The molecule has 8 heteroatoms. The van der Waals surface area contributed by atoms with Crippen LogP contribution in [0.5, 0.6) is 34.5 Å². The number of hydrogen-bond acceptors (Lipinski definition) is 8. The third kappa shape index (κ3) is 4.51. The predicted molar refractivity (Wildman–Crippen MR) is 126 cm³/mol. The average molecular weight is 469 g/mol. The maximum Gasteiger partial charge on any atom is 0.204 e. The molecule has 2 saturated heterocycles. The Kier molecular flexibility index (Phi) is 6.26. The monoisotopic (exact) mass is 468 g/mol. The van der Waals surface area contributed by atoms with Gasteiger partial charge in [-0.2, -0.15) is 0 Å². The van der Waals surface area contributed by atoms with Crippen molar-refractivity contribution in [3.8, 4) is 45.6 Å². The first-order chi connectivity index (χ1) is 16.6. The van der Waals surface area contributed by atoms with E-state index in [1.807, 2.05) is 30.3 Å². The van der Waals surface area contributed by atoms with Crippen molar-refractivity contribution in [2.75, 3.05) is 54.9 Å². The molecule has 8 nitrogen and oxygen atoms in total. The van der Waals surface area contributed by atoms with Crippen molar-refractivity contribution in [3.63, 3.8) is 0 Å². The van der Waals surface area contributed by atoms with Gasteiger partial charge in [0.2, 0.25) is 11.5 Å². The van der Waals surface area contributed by atoms with Gasteiger partial charge in [0.25, 0.3) is 0 Å². The van der Waals surface area contributed by atoms with Crippen LogP contribution < -0.4 is 28.4 Å². The number of benzene rings is 3. The first-order valence-corrected chi connectivity index (χ1v) is 11.1. The van der Waals surface area contributed by atoms with E-state index in [0.29, 0.717) is 60.9 Å². The molecule has 180 valence electrons. The summed E-state index contributed by atoms with van der Waals surface area (Å²) in [5, 5.41) is 1.87. The minimum Gasteiger partial charge on any atom is -0.493 e. The van der Waals surface area contributed by atoms with Crippen LogP contribution in [0.2, 0.25) is 0 Å². The number of epoxide rings is 2. The van der Waals surface area contributed by atoms with Crippen LogP contribution in [-0.4, -0.2) is 67.1 Å². The number of ether oxygens (including phenoxy) is 8. The van der Waals surface area contributed by atoms with Crippen molar-refractivity contribution >= 4 is 10.8 Å². The van der Waals surface area contributed by atoms with Gasteiger partial charge in [0.05, 0.1) is 41.7 Å².